The molecule has 5 rings (SSSR count). The number of hydrogen-bond acceptors (Lipinski definition) is 4. The molecule has 2 aromatic carbocycles. The predicted octanol–water partition coefficient (Wildman–Crippen LogP) is 5.12. The summed E-state index contributed by atoms with van der Waals surface area (Å²) >= 11 is 1.56. The van der Waals surface area contributed by atoms with Crippen LogP contribution in [0.15, 0.2) is 59.6 Å². The fraction of sp³-hybridized carbons (Fsp3) is 0.238. The Bertz CT molecular complexity index is 1010. The van der Waals surface area contributed by atoms with Crippen LogP contribution in [0.1, 0.15) is 31.2 Å². The maximum Gasteiger partial charge on any atom is 0.235 e. The number of hydrogen-bond donors (Lipinski definition) is 2. The van der Waals surface area contributed by atoms with Crippen molar-refractivity contribution in [3.63, 3.8) is 0 Å². The van der Waals surface area contributed by atoms with E-state index in [-0.39, 0.29) is 11.3 Å². The number of pyridine rings is 1. The second-order valence-corrected chi connectivity index (χ2v) is 7.89. The number of anilines is 2. The van der Waals surface area contributed by atoms with Gasteiger partial charge in [0, 0.05) is 23.0 Å². The Morgan fingerprint density at radius 1 is 1.08 bits per heavy atom. The van der Waals surface area contributed by atoms with Crippen molar-refractivity contribution in [1.82, 2.24) is 4.98 Å². The molecule has 0 radical (unpaired) electrons. The van der Waals surface area contributed by atoms with Crippen LogP contribution in [0.2, 0.25) is 0 Å². The Kier molecular flexibility index (Phi) is 3.64. The molecule has 4 nitrogen and oxygen atoms in total. The smallest absolute Gasteiger partial charge is 0.235 e. The van der Waals surface area contributed by atoms with Crippen molar-refractivity contribution in [2.45, 2.75) is 36.0 Å². The molecule has 2 aliphatic rings. The molecule has 1 aliphatic heterocycles. The number of rotatable bonds is 3. The average Bonchev–Trinajstić information content (AvgIpc) is 3.27. The van der Waals surface area contributed by atoms with E-state index in [1.807, 2.05) is 30.5 Å². The molecule has 1 spiro atoms. The fourth-order valence-electron chi connectivity index (χ4n) is 4.22. The standard InChI is InChI=1S/C21H19N3OS/c25-20-21(10-1-2-11-21)16-13-15(8-9-17(16)23-20)24-26-18-7-3-5-14-6-4-12-22-19(14)18/h3-9,12-13,24H,1-2,10-11H2,(H,23,25). The van der Waals surface area contributed by atoms with E-state index in [9.17, 15) is 4.79 Å². The molecule has 0 saturated heterocycles. The van der Waals surface area contributed by atoms with Gasteiger partial charge in [0.2, 0.25) is 5.91 Å². The first-order valence-electron chi connectivity index (χ1n) is 8.99. The number of fused-ring (bicyclic) bond motifs is 3. The Morgan fingerprint density at radius 2 is 1.92 bits per heavy atom. The predicted molar refractivity (Wildman–Crippen MR) is 106 cm³/mol. The lowest BCUT2D eigenvalue weighted by Gasteiger charge is -2.21. The third-order valence-electron chi connectivity index (χ3n) is 5.55. The van der Waals surface area contributed by atoms with Crippen LogP contribution < -0.4 is 10.0 Å². The van der Waals surface area contributed by atoms with E-state index in [4.69, 9.17) is 0 Å². The molecule has 130 valence electrons. The quantitative estimate of drug-likeness (QED) is 0.636. The minimum Gasteiger partial charge on any atom is -0.326 e. The average molecular weight is 361 g/mol. The molecule has 26 heavy (non-hydrogen) atoms. The van der Waals surface area contributed by atoms with E-state index in [0.717, 1.165) is 58.4 Å². The van der Waals surface area contributed by atoms with E-state index >= 15 is 0 Å². The van der Waals surface area contributed by atoms with Crippen LogP contribution in [-0.4, -0.2) is 10.9 Å². The molecule has 0 unspecified atom stereocenters. The van der Waals surface area contributed by atoms with Crippen molar-refractivity contribution in [3.8, 4) is 0 Å². The number of aromatic nitrogens is 1. The highest BCUT2D eigenvalue weighted by Gasteiger charge is 2.48. The number of para-hydroxylation sites is 1. The molecule has 3 aromatic rings. The van der Waals surface area contributed by atoms with Gasteiger partial charge in [-0.2, -0.15) is 0 Å². The van der Waals surface area contributed by atoms with Gasteiger partial charge in [-0.25, -0.2) is 0 Å². The van der Waals surface area contributed by atoms with Crippen LogP contribution in [0, 0.1) is 0 Å². The van der Waals surface area contributed by atoms with Gasteiger partial charge in [0.25, 0.3) is 0 Å². The third-order valence-corrected chi connectivity index (χ3v) is 6.44. The highest BCUT2D eigenvalue weighted by atomic mass is 32.2. The molecule has 5 heteroatoms. The highest BCUT2D eigenvalue weighted by Crippen LogP contribution is 2.49. The minimum absolute atomic E-state index is 0.174. The van der Waals surface area contributed by atoms with Crippen molar-refractivity contribution in [2.75, 3.05) is 10.0 Å². The topological polar surface area (TPSA) is 54.0 Å². The van der Waals surface area contributed by atoms with Gasteiger partial charge < -0.3 is 10.0 Å². The summed E-state index contributed by atoms with van der Waals surface area (Å²) in [7, 11) is 0. The van der Waals surface area contributed by atoms with Crippen LogP contribution in [0.5, 0.6) is 0 Å². The zero-order chi connectivity index (χ0) is 17.6. The maximum absolute atomic E-state index is 12.5. The number of nitrogens with zero attached hydrogens (tertiary/aromatic N) is 1. The van der Waals surface area contributed by atoms with Crippen LogP contribution in [0.4, 0.5) is 11.4 Å². The van der Waals surface area contributed by atoms with Gasteiger partial charge in [0.05, 0.1) is 15.8 Å². The number of benzene rings is 2. The Hall–Kier alpha value is -2.53. The van der Waals surface area contributed by atoms with Gasteiger partial charge in [0.15, 0.2) is 0 Å². The van der Waals surface area contributed by atoms with Gasteiger partial charge in [-0.1, -0.05) is 31.0 Å². The summed E-state index contributed by atoms with van der Waals surface area (Å²) in [5.41, 5.74) is 3.83. The first-order valence-corrected chi connectivity index (χ1v) is 9.81. The summed E-state index contributed by atoms with van der Waals surface area (Å²) in [5, 5.41) is 4.20. The summed E-state index contributed by atoms with van der Waals surface area (Å²) in [5.74, 6) is 0.174. The number of nitrogens with one attached hydrogen (secondary N) is 2. The van der Waals surface area contributed by atoms with Gasteiger partial charge >= 0.3 is 0 Å². The van der Waals surface area contributed by atoms with Gasteiger partial charge in [-0.3, -0.25) is 9.78 Å². The third kappa shape index (κ3) is 2.38. The molecule has 1 fully saturated rings. The number of carbonyl (C=O) groups excluding carboxylic acids is 1. The largest absolute Gasteiger partial charge is 0.326 e. The lowest BCUT2D eigenvalue weighted by Crippen LogP contribution is -2.30. The Morgan fingerprint density at radius 3 is 2.81 bits per heavy atom. The van der Waals surface area contributed by atoms with Gasteiger partial charge in [-0.15, -0.1) is 0 Å². The van der Waals surface area contributed by atoms with E-state index in [0.29, 0.717) is 0 Å². The van der Waals surface area contributed by atoms with E-state index in [1.165, 1.54) is 0 Å². The fourth-order valence-corrected chi connectivity index (χ4v) is 4.99. The molecule has 1 amide bonds. The summed E-state index contributed by atoms with van der Waals surface area (Å²) in [6.07, 6.45) is 5.98. The summed E-state index contributed by atoms with van der Waals surface area (Å²) in [4.78, 5) is 18.1. The van der Waals surface area contributed by atoms with Crippen molar-refractivity contribution in [2.24, 2.45) is 0 Å². The summed E-state index contributed by atoms with van der Waals surface area (Å²) in [6.45, 7) is 0. The van der Waals surface area contributed by atoms with Crippen LogP contribution in [-0.2, 0) is 10.2 Å². The first kappa shape index (κ1) is 15.7. The monoisotopic (exact) mass is 361 g/mol. The minimum atomic E-state index is -0.307. The van der Waals surface area contributed by atoms with E-state index in [1.54, 1.807) is 11.9 Å². The Balaban J connectivity index is 1.44. The second kappa shape index (κ2) is 6.02. The SMILES string of the molecule is O=C1Nc2ccc(NSc3cccc4cccnc34)cc2C12CCCC2. The first-order chi connectivity index (χ1) is 12.8. The molecule has 0 atom stereocenters. The molecule has 1 saturated carbocycles. The van der Waals surface area contributed by atoms with Gasteiger partial charge in [-0.05, 0) is 60.7 Å². The zero-order valence-electron chi connectivity index (χ0n) is 14.3. The molecule has 1 aromatic heterocycles. The molecular formula is C21H19N3OS. The van der Waals surface area contributed by atoms with Crippen molar-refractivity contribution in [3.05, 3.63) is 60.3 Å². The van der Waals surface area contributed by atoms with E-state index in [2.05, 4.69) is 39.3 Å². The second-order valence-electron chi connectivity index (χ2n) is 7.04. The lowest BCUT2D eigenvalue weighted by atomic mass is 9.80. The van der Waals surface area contributed by atoms with Crippen LogP contribution >= 0.6 is 11.9 Å². The summed E-state index contributed by atoms with van der Waals surface area (Å²) in [6, 6.07) is 16.4. The van der Waals surface area contributed by atoms with Crippen LogP contribution in [0.25, 0.3) is 10.9 Å². The number of carbonyl (C=O) groups is 1. The molecule has 2 N–H and O–H groups in total. The van der Waals surface area contributed by atoms with Crippen molar-refractivity contribution >= 4 is 40.1 Å². The van der Waals surface area contributed by atoms with E-state index < -0.39 is 0 Å². The van der Waals surface area contributed by atoms with Crippen molar-refractivity contribution < 1.29 is 4.79 Å². The molecule has 0 bridgehead atoms. The highest BCUT2D eigenvalue weighted by molar-refractivity contribution is 8.00. The number of amides is 1. The van der Waals surface area contributed by atoms with Gasteiger partial charge in [0.1, 0.15) is 0 Å². The van der Waals surface area contributed by atoms with Crippen molar-refractivity contribution in [1.29, 1.82) is 0 Å². The summed E-state index contributed by atoms with van der Waals surface area (Å²) < 4.78 is 3.44. The Labute approximate surface area is 156 Å². The molecule has 1 aliphatic carbocycles. The lowest BCUT2D eigenvalue weighted by molar-refractivity contribution is -0.120. The maximum atomic E-state index is 12.5. The molecule has 2 heterocycles. The molecular weight excluding hydrogens is 342 g/mol. The van der Waals surface area contributed by atoms with Crippen LogP contribution in [0.3, 0.4) is 0 Å². The normalized spacial score (nSPS) is 17.5. The zero-order valence-corrected chi connectivity index (χ0v) is 15.1.